The molecule has 0 radical (unpaired) electrons. The van der Waals surface area contributed by atoms with Crippen LogP contribution in [0.2, 0.25) is 0 Å². The lowest BCUT2D eigenvalue weighted by molar-refractivity contribution is 0.248. The molecule has 0 aromatic carbocycles. The lowest BCUT2D eigenvalue weighted by Gasteiger charge is -2.11. The molecule has 4 heteroatoms. The van der Waals surface area contributed by atoms with E-state index in [4.69, 9.17) is 11.5 Å². The van der Waals surface area contributed by atoms with Crippen LogP contribution < -0.4 is 11.1 Å². The fourth-order valence-electron chi connectivity index (χ4n) is 0.620. The highest BCUT2D eigenvalue weighted by atomic mass is 16.2. The van der Waals surface area contributed by atoms with Crippen molar-refractivity contribution in [2.24, 2.45) is 5.73 Å². The second-order valence-electron chi connectivity index (χ2n) is 2.33. The van der Waals surface area contributed by atoms with Crippen molar-refractivity contribution in [1.82, 2.24) is 5.32 Å². The zero-order valence-corrected chi connectivity index (χ0v) is 6.18. The second kappa shape index (κ2) is 5.05. The van der Waals surface area contributed by atoms with Gasteiger partial charge in [-0.1, -0.05) is 13.3 Å². The average Bonchev–Trinajstić information content (AvgIpc) is 1.79. The molecule has 0 fully saturated rings. The highest BCUT2D eigenvalue weighted by molar-refractivity contribution is 5.71. The Morgan fingerprint density at radius 3 is 2.80 bits per heavy atom. The van der Waals surface area contributed by atoms with E-state index < -0.39 is 6.03 Å². The first kappa shape index (κ1) is 9.23. The van der Waals surface area contributed by atoms with E-state index in [0.717, 1.165) is 12.8 Å². The summed E-state index contributed by atoms with van der Waals surface area (Å²) in [6.07, 6.45) is 1.63. The van der Waals surface area contributed by atoms with Crippen molar-refractivity contribution < 1.29 is 4.79 Å². The molecule has 60 valence electrons. The van der Waals surface area contributed by atoms with E-state index in [1.54, 1.807) is 0 Å². The maximum atomic E-state index is 10.1. The van der Waals surface area contributed by atoms with Gasteiger partial charge >= 0.3 is 6.03 Å². The number of hydrogen-bond donors (Lipinski definition) is 2. The Morgan fingerprint density at radius 2 is 2.40 bits per heavy atom. The SMILES string of the molecule is C[C@@H]([NH-])CCCNC(N)=O. The Hall–Kier alpha value is -0.770. The maximum Gasteiger partial charge on any atom is 0.312 e. The normalized spacial score (nSPS) is 12.6. The van der Waals surface area contributed by atoms with Gasteiger partial charge in [0.25, 0.3) is 0 Å². The molecule has 4 N–H and O–H groups in total. The van der Waals surface area contributed by atoms with Gasteiger partial charge in [-0.25, -0.2) is 4.79 Å². The third kappa shape index (κ3) is 7.23. The molecular weight excluding hydrogens is 130 g/mol. The van der Waals surface area contributed by atoms with Crippen LogP contribution in [-0.2, 0) is 0 Å². The van der Waals surface area contributed by atoms with Crippen molar-refractivity contribution >= 4 is 6.03 Å². The van der Waals surface area contributed by atoms with Gasteiger partial charge in [-0.05, 0) is 6.42 Å². The number of primary amides is 1. The summed E-state index contributed by atoms with van der Waals surface area (Å²) in [6.45, 7) is 2.41. The summed E-state index contributed by atoms with van der Waals surface area (Å²) in [5.41, 5.74) is 11.9. The topological polar surface area (TPSA) is 78.9 Å². The largest absolute Gasteiger partial charge is 0.675 e. The first-order valence-electron chi connectivity index (χ1n) is 3.37. The third-order valence-electron chi connectivity index (χ3n) is 1.11. The Labute approximate surface area is 61.0 Å². The van der Waals surface area contributed by atoms with Gasteiger partial charge in [0.1, 0.15) is 0 Å². The number of amides is 2. The van der Waals surface area contributed by atoms with Crippen LogP contribution in [0, 0.1) is 0 Å². The van der Waals surface area contributed by atoms with E-state index in [2.05, 4.69) is 5.32 Å². The minimum Gasteiger partial charge on any atom is -0.675 e. The van der Waals surface area contributed by atoms with E-state index in [1.807, 2.05) is 6.92 Å². The summed E-state index contributed by atoms with van der Waals surface area (Å²) < 4.78 is 0. The summed E-state index contributed by atoms with van der Waals surface area (Å²) >= 11 is 0. The minimum atomic E-state index is -0.488. The van der Waals surface area contributed by atoms with E-state index in [1.165, 1.54) is 0 Å². The van der Waals surface area contributed by atoms with Gasteiger partial charge in [-0.15, -0.1) is 6.04 Å². The molecule has 0 unspecified atom stereocenters. The van der Waals surface area contributed by atoms with Crippen LogP contribution in [0.1, 0.15) is 19.8 Å². The van der Waals surface area contributed by atoms with Gasteiger partial charge in [0.2, 0.25) is 0 Å². The quantitative estimate of drug-likeness (QED) is 0.564. The molecule has 0 aromatic rings. The van der Waals surface area contributed by atoms with E-state index in [9.17, 15) is 4.79 Å². The molecule has 0 aliphatic heterocycles. The Bertz CT molecular complexity index is 103. The number of nitrogens with two attached hydrogens (primary N) is 1. The lowest BCUT2D eigenvalue weighted by Crippen LogP contribution is -2.30. The molecule has 0 aliphatic rings. The highest BCUT2D eigenvalue weighted by Gasteiger charge is 1.90. The van der Waals surface area contributed by atoms with E-state index in [0.29, 0.717) is 6.54 Å². The van der Waals surface area contributed by atoms with Gasteiger partial charge in [-0.3, -0.25) is 0 Å². The van der Waals surface area contributed by atoms with Gasteiger partial charge in [0, 0.05) is 6.54 Å². The molecule has 0 aromatic heterocycles. The van der Waals surface area contributed by atoms with Crippen LogP contribution in [0.15, 0.2) is 0 Å². The van der Waals surface area contributed by atoms with Gasteiger partial charge in [0.15, 0.2) is 0 Å². The molecule has 0 bridgehead atoms. The van der Waals surface area contributed by atoms with Crippen molar-refractivity contribution in [2.45, 2.75) is 25.8 Å². The predicted octanol–water partition coefficient (Wildman–Crippen LogP) is 0.876. The maximum absolute atomic E-state index is 10.1. The summed E-state index contributed by atoms with van der Waals surface area (Å²) in [5.74, 6) is 0. The van der Waals surface area contributed by atoms with Crippen LogP contribution in [-0.4, -0.2) is 18.6 Å². The molecule has 1 atom stereocenters. The molecule has 0 rings (SSSR count). The Kier molecular flexibility index (Phi) is 4.66. The molecule has 0 heterocycles. The zero-order chi connectivity index (χ0) is 7.98. The van der Waals surface area contributed by atoms with Crippen molar-refractivity contribution in [2.75, 3.05) is 6.54 Å². The number of rotatable bonds is 4. The van der Waals surface area contributed by atoms with Crippen molar-refractivity contribution in [3.05, 3.63) is 5.73 Å². The van der Waals surface area contributed by atoms with Crippen molar-refractivity contribution in [3.63, 3.8) is 0 Å². The number of carbonyl (C=O) groups is 1. The molecule has 4 nitrogen and oxygen atoms in total. The zero-order valence-electron chi connectivity index (χ0n) is 6.18. The number of nitrogens with one attached hydrogen (secondary N) is 2. The van der Waals surface area contributed by atoms with Crippen LogP contribution in [0.3, 0.4) is 0 Å². The summed E-state index contributed by atoms with van der Waals surface area (Å²) in [5, 5.41) is 2.46. The highest BCUT2D eigenvalue weighted by Crippen LogP contribution is 1.96. The lowest BCUT2D eigenvalue weighted by atomic mass is 10.2. The minimum absolute atomic E-state index is 0.0466. The van der Waals surface area contributed by atoms with Crippen LogP contribution in [0.4, 0.5) is 4.79 Å². The summed E-state index contributed by atoms with van der Waals surface area (Å²) in [4.78, 5) is 10.1. The van der Waals surface area contributed by atoms with Crippen molar-refractivity contribution in [3.8, 4) is 0 Å². The van der Waals surface area contributed by atoms with Gasteiger partial charge < -0.3 is 16.8 Å². The number of hydrogen-bond acceptors (Lipinski definition) is 1. The Morgan fingerprint density at radius 1 is 1.80 bits per heavy atom. The molecule has 0 aliphatic carbocycles. The van der Waals surface area contributed by atoms with Crippen LogP contribution >= 0.6 is 0 Å². The smallest absolute Gasteiger partial charge is 0.312 e. The van der Waals surface area contributed by atoms with Crippen LogP contribution in [0.5, 0.6) is 0 Å². The first-order chi connectivity index (χ1) is 4.63. The number of urea groups is 1. The average molecular weight is 144 g/mol. The van der Waals surface area contributed by atoms with E-state index >= 15 is 0 Å². The third-order valence-corrected chi connectivity index (χ3v) is 1.11. The standard InChI is InChI=1S/C6H14N3O/c1-5(7)3-2-4-9-6(8)10/h5,7H,2-4H2,1H3,(H3,8,9,10)/q-1/t5-/m1/s1. The first-order valence-corrected chi connectivity index (χ1v) is 3.37. The molecule has 0 spiro atoms. The molecule has 2 amide bonds. The van der Waals surface area contributed by atoms with Gasteiger partial charge in [0.05, 0.1) is 0 Å². The number of carbonyl (C=O) groups excluding carboxylic acids is 1. The van der Waals surface area contributed by atoms with Gasteiger partial charge in [-0.2, -0.15) is 0 Å². The fraction of sp³-hybridized carbons (Fsp3) is 0.833. The predicted molar refractivity (Wildman–Crippen MR) is 40.6 cm³/mol. The molecular formula is C6H14N3O-. The van der Waals surface area contributed by atoms with Crippen molar-refractivity contribution in [1.29, 1.82) is 0 Å². The monoisotopic (exact) mass is 144 g/mol. The molecule has 0 saturated carbocycles. The Balaban J connectivity index is 2.98. The molecule has 10 heavy (non-hydrogen) atoms. The molecule has 0 saturated heterocycles. The summed E-state index contributed by atoms with van der Waals surface area (Å²) in [7, 11) is 0. The summed E-state index contributed by atoms with van der Waals surface area (Å²) in [6, 6.07) is -0.535. The fourth-order valence-corrected chi connectivity index (χ4v) is 0.620. The second-order valence-corrected chi connectivity index (χ2v) is 2.33. The van der Waals surface area contributed by atoms with Crippen LogP contribution in [0.25, 0.3) is 5.73 Å². The van der Waals surface area contributed by atoms with E-state index in [-0.39, 0.29) is 6.04 Å².